The second-order valence-electron chi connectivity index (χ2n) is 3.21. The summed E-state index contributed by atoms with van der Waals surface area (Å²) < 4.78 is 0. The molecule has 1 aliphatic rings. The minimum atomic E-state index is 0.739. The van der Waals surface area contributed by atoms with Crippen LogP contribution in [-0.2, 0) is 0 Å². The van der Waals surface area contributed by atoms with Gasteiger partial charge in [0, 0.05) is 4.83 Å². The Morgan fingerprint density at radius 2 is 2.00 bits per heavy atom. The molecule has 1 heteroatoms. The molecule has 0 bridgehead atoms. The lowest BCUT2D eigenvalue weighted by molar-refractivity contribution is 1.11. The van der Waals surface area contributed by atoms with E-state index in [1.807, 2.05) is 0 Å². The van der Waals surface area contributed by atoms with E-state index in [1.165, 1.54) is 17.5 Å². The first-order valence-electron chi connectivity index (χ1n) is 3.98. The van der Waals surface area contributed by atoms with E-state index in [1.54, 1.807) is 0 Å². The fourth-order valence-electron chi connectivity index (χ4n) is 1.49. The van der Waals surface area contributed by atoms with E-state index in [9.17, 15) is 0 Å². The van der Waals surface area contributed by atoms with E-state index in [2.05, 4.69) is 47.1 Å². The van der Waals surface area contributed by atoms with Gasteiger partial charge in [0.15, 0.2) is 0 Å². The van der Waals surface area contributed by atoms with Gasteiger partial charge >= 0.3 is 0 Å². The Hall–Kier alpha value is -0.300. The number of alkyl halides is 1. The van der Waals surface area contributed by atoms with Crippen molar-refractivity contribution in [2.75, 3.05) is 0 Å². The Labute approximate surface area is 75.8 Å². The topological polar surface area (TPSA) is 0 Å². The first kappa shape index (κ1) is 7.35. The summed E-state index contributed by atoms with van der Waals surface area (Å²) >= 11 is 3.62. The van der Waals surface area contributed by atoms with Crippen molar-refractivity contribution in [3.8, 4) is 0 Å². The van der Waals surface area contributed by atoms with Gasteiger partial charge in [0.1, 0.15) is 0 Å². The van der Waals surface area contributed by atoms with E-state index in [-0.39, 0.29) is 0 Å². The molecule has 1 fully saturated rings. The summed E-state index contributed by atoms with van der Waals surface area (Å²) in [7, 11) is 0. The van der Waals surface area contributed by atoms with Crippen LogP contribution in [0.25, 0.3) is 0 Å². The molecule has 0 radical (unpaired) electrons. The van der Waals surface area contributed by atoms with Gasteiger partial charge in [-0.15, -0.1) is 0 Å². The SMILES string of the molecule is Cc1ccccc1[C@@H]1C[C@H]1Br. The third-order valence-electron chi connectivity index (χ3n) is 2.30. The van der Waals surface area contributed by atoms with Crippen LogP contribution in [0.2, 0.25) is 0 Å². The molecule has 1 saturated carbocycles. The van der Waals surface area contributed by atoms with Crippen LogP contribution >= 0.6 is 15.9 Å². The van der Waals surface area contributed by atoms with Crippen LogP contribution in [0.15, 0.2) is 24.3 Å². The number of aryl methyl sites for hydroxylation is 1. The molecule has 11 heavy (non-hydrogen) atoms. The van der Waals surface area contributed by atoms with Gasteiger partial charge in [-0.25, -0.2) is 0 Å². The predicted octanol–water partition coefficient (Wildman–Crippen LogP) is 3.25. The van der Waals surface area contributed by atoms with E-state index in [0.717, 1.165) is 10.7 Å². The normalized spacial score (nSPS) is 28.5. The Bertz CT molecular complexity index is 267. The van der Waals surface area contributed by atoms with Gasteiger partial charge in [0.2, 0.25) is 0 Å². The average Bonchev–Trinajstić information content (AvgIpc) is 2.68. The third-order valence-corrected chi connectivity index (χ3v) is 3.31. The standard InChI is InChI=1S/C10H11Br/c1-7-4-2-3-5-8(7)9-6-10(9)11/h2-5,9-10H,6H2,1H3/t9-,10+/m0/s1. The number of benzene rings is 1. The van der Waals surface area contributed by atoms with Gasteiger partial charge in [0.05, 0.1) is 0 Å². The van der Waals surface area contributed by atoms with Gasteiger partial charge < -0.3 is 0 Å². The summed E-state index contributed by atoms with van der Waals surface area (Å²) in [5.74, 6) is 0.788. The minimum Gasteiger partial charge on any atom is -0.0884 e. The number of hydrogen-bond donors (Lipinski definition) is 0. The fraction of sp³-hybridized carbons (Fsp3) is 0.400. The summed E-state index contributed by atoms with van der Waals surface area (Å²) in [6.45, 7) is 2.19. The molecule has 1 aromatic carbocycles. The minimum absolute atomic E-state index is 0.739. The summed E-state index contributed by atoms with van der Waals surface area (Å²) in [5.41, 5.74) is 2.95. The average molecular weight is 211 g/mol. The highest BCUT2D eigenvalue weighted by atomic mass is 79.9. The molecule has 1 aromatic rings. The first-order valence-corrected chi connectivity index (χ1v) is 4.90. The molecule has 0 amide bonds. The smallest absolute Gasteiger partial charge is 0.0221 e. The van der Waals surface area contributed by atoms with E-state index in [4.69, 9.17) is 0 Å². The summed E-state index contributed by atoms with van der Waals surface area (Å²) in [6, 6.07) is 8.65. The van der Waals surface area contributed by atoms with Crippen LogP contribution in [0.4, 0.5) is 0 Å². The van der Waals surface area contributed by atoms with Crippen molar-refractivity contribution in [1.82, 2.24) is 0 Å². The maximum absolute atomic E-state index is 3.62. The van der Waals surface area contributed by atoms with Crippen LogP contribution in [0.1, 0.15) is 23.5 Å². The summed E-state index contributed by atoms with van der Waals surface area (Å²) in [4.78, 5) is 0.739. The van der Waals surface area contributed by atoms with Crippen LogP contribution in [0.5, 0.6) is 0 Å². The number of halogens is 1. The Morgan fingerprint density at radius 3 is 2.55 bits per heavy atom. The first-order chi connectivity index (χ1) is 5.29. The molecule has 0 aliphatic heterocycles. The Morgan fingerprint density at radius 1 is 1.36 bits per heavy atom. The molecule has 0 aromatic heterocycles. The van der Waals surface area contributed by atoms with Crippen molar-refractivity contribution in [2.45, 2.75) is 24.1 Å². The number of rotatable bonds is 1. The molecule has 0 unspecified atom stereocenters. The molecule has 2 atom stereocenters. The van der Waals surface area contributed by atoms with Gasteiger partial charge in [0.25, 0.3) is 0 Å². The molecule has 0 spiro atoms. The van der Waals surface area contributed by atoms with Crippen molar-refractivity contribution in [1.29, 1.82) is 0 Å². The monoisotopic (exact) mass is 210 g/mol. The summed E-state index contributed by atoms with van der Waals surface area (Å²) in [5, 5.41) is 0. The van der Waals surface area contributed by atoms with Crippen LogP contribution in [0.3, 0.4) is 0 Å². The molecule has 1 aliphatic carbocycles. The van der Waals surface area contributed by atoms with Crippen molar-refractivity contribution < 1.29 is 0 Å². The maximum Gasteiger partial charge on any atom is 0.0221 e. The highest BCUT2D eigenvalue weighted by Crippen LogP contribution is 2.47. The van der Waals surface area contributed by atoms with Crippen molar-refractivity contribution in [3.05, 3.63) is 35.4 Å². The molecule has 0 saturated heterocycles. The lowest BCUT2D eigenvalue weighted by Crippen LogP contribution is -1.85. The molecular weight excluding hydrogens is 200 g/mol. The predicted molar refractivity (Wildman–Crippen MR) is 51.3 cm³/mol. The van der Waals surface area contributed by atoms with Gasteiger partial charge in [-0.3, -0.25) is 0 Å². The summed E-state index contributed by atoms with van der Waals surface area (Å²) in [6.07, 6.45) is 1.31. The Balaban J connectivity index is 2.31. The van der Waals surface area contributed by atoms with Gasteiger partial charge in [-0.1, -0.05) is 40.2 Å². The third kappa shape index (κ3) is 1.34. The van der Waals surface area contributed by atoms with E-state index in [0.29, 0.717) is 0 Å². The van der Waals surface area contributed by atoms with Crippen molar-refractivity contribution in [3.63, 3.8) is 0 Å². The van der Waals surface area contributed by atoms with Gasteiger partial charge in [-0.05, 0) is 30.4 Å². The van der Waals surface area contributed by atoms with Crippen molar-refractivity contribution >= 4 is 15.9 Å². The zero-order valence-corrected chi connectivity index (χ0v) is 8.14. The highest BCUT2D eigenvalue weighted by Gasteiger charge is 2.36. The molecule has 2 rings (SSSR count). The highest BCUT2D eigenvalue weighted by molar-refractivity contribution is 9.09. The lowest BCUT2D eigenvalue weighted by atomic mass is 10.1. The maximum atomic E-state index is 3.62. The fourth-order valence-corrected chi connectivity index (χ4v) is 2.18. The largest absolute Gasteiger partial charge is 0.0884 e. The second kappa shape index (κ2) is 2.63. The van der Waals surface area contributed by atoms with Gasteiger partial charge in [-0.2, -0.15) is 0 Å². The molecular formula is C10H11Br. The zero-order valence-electron chi connectivity index (χ0n) is 6.55. The second-order valence-corrected chi connectivity index (χ2v) is 4.39. The van der Waals surface area contributed by atoms with Crippen LogP contribution in [0, 0.1) is 6.92 Å². The zero-order chi connectivity index (χ0) is 7.84. The van der Waals surface area contributed by atoms with Crippen molar-refractivity contribution in [2.24, 2.45) is 0 Å². The molecule has 58 valence electrons. The van der Waals surface area contributed by atoms with E-state index < -0.39 is 0 Å². The molecule has 0 N–H and O–H groups in total. The number of hydrogen-bond acceptors (Lipinski definition) is 0. The molecule has 0 nitrogen and oxygen atoms in total. The quantitative estimate of drug-likeness (QED) is 0.625. The van der Waals surface area contributed by atoms with Crippen LogP contribution < -0.4 is 0 Å². The lowest BCUT2D eigenvalue weighted by Gasteiger charge is -2.01. The van der Waals surface area contributed by atoms with E-state index >= 15 is 0 Å². The van der Waals surface area contributed by atoms with Crippen LogP contribution in [-0.4, -0.2) is 4.83 Å². The Kier molecular flexibility index (Phi) is 1.76. The molecule has 0 heterocycles.